The third-order valence-electron chi connectivity index (χ3n) is 5.91. The van der Waals surface area contributed by atoms with Gasteiger partial charge in [-0.1, -0.05) is 17.7 Å². The summed E-state index contributed by atoms with van der Waals surface area (Å²) < 4.78 is 16.4. The van der Waals surface area contributed by atoms with Crippen molar-refractivity contribution in [2.75, 3.05) is 11.4 Å². The molecule has 0 amide bonds. The van der Waals surface area contributed by atoms with E-state index >= 15 is 0 Å². The lowest BCUT2D eigenvalue weighted by molar-refractivity contribution is 0.243. The summed E-state index contributed by atoms with van der Waals surface area (Å²) in [5.74, 6) is 1.43. The second-order valence-electron chi connectivity index (χ2n) is 7.97. The van der Waals surface area contributed by atoms with Crippen molar-refractivity contribution < 1.29 is 4.39 Å². The fraction of sp³-hybridized carbons (Fsp3) is 0.273. The number of hydrogen-bond acceptors (Lipinski definition) is 7. The van der Waals surface area contributed by atoms with E-state index < -0.39 is 0 Å². The number of aromatic nitrogens is 5. The maximum atomic E-state index is 14.5. The van der Waals surface area contributed by atoms with Crippen LogP contribution in [0.15, 0.2) is 43.0 Å². The topological polar surface area (TPSA) is 63.0 Å². The predicted molar refractivity (Wildman–Crippen MR) is 121 cm³/mol. The van der Waals surface area contributed by atoms with Crippen LogP contribution in [-0.4, -0.2) is 36.2 Å². The first-order chi connectivity index (χ1) is 15.7. The van der Waals surface area contributed by atoms with Gasteiger partial charge in [0, 0.05) is 47.5 Å². The molecule has 6 rings (SSSR count). The van der Waals surface area contributed by atoms with Crippen LogP contribution in [-0.2, 0) is 32.7 Å². The highest BCUT2D eigenvalue weighted by molar-refractivity contribution is 7.17. The van der Waals surface area contributed by atoms with E-state index in [0.717, 1.165) is 48.3 Å². The van der Waals surface area contributed by atoms with Crippen LogP contribution in [0.3, 0.4) is 0 Å². The normalized spacial score (nSPS) is 15.4. The number of thiophene rings is 1. The van der Waals surface area contributed by atoms with Crippen LogP contribution in [0.1, 0.15) is 21.8 Å². The van der Waals surface area contributed by atoms with Gasteiger partial charge in [-0.3, -0.25) is 4.90 Å². The molecule has 0 unspecified atom stereocenters. The Bertz CT molecular complexity index is 1290. The van der Waals surface area contributed by atoms with Crippen LogP contribution in [0.2, 0.25) is 5.02 Å². The smallest absolute Gasteiger partial charge is 0.163 e. The lowest BCUT2D eigenvalue weighted by Gasteiger charge is -2.30. The van der Waals surface area contributed by atoms with Crippen molar-refractivity contribution in [3.05, 3.63) is 75.7 Å². The van der Waals surface area contributed by atoms with E-state index in [1.165, 1.54) is 16.5 Å². The second-order valence-corrected chi connectivity index (χ2v) is 9.49. The van der Waals surface area contributed by atoms with Gasteiger partial charge >= 0.3 is 0 Å². The molecule has 0 fully saturated rings. The Labute approximate surface area is 193 Å². The van der Waals surface area contributed by atoms with Crippen LogP contribution in [0.25, 0.3) is 11.4 Å². The number of nitrogens with zero attached hydrogens (tertiary/aromatic N) is 7. The SMILES string of the molecule is Fc1cc(Cl)ccc1CN1Cn2ncnc2-c2c1sc1c2CCN(Cc2ncccn2)C1. The Kier molecular flexibility index (Phi) is 4.89. The summed E-state index contributed by atoms with van der Waals surface area (Å²) in [6.45, 7) is 3.46. The van der Waals surface area contributed by atoms with Crippen LogP contribution in [0.4, 0.5) is 9.39 Å². The van der Waals surface area contributed by atoms with Crippen molar-refractivity contribution >= 4 is 27.9 Å². The highest BCUT2D eigenvalue weighted by Crippen LogP contribution is 2.47. The minimum atomic E-state index is -0.293. The zero-order valence-corrected chi connectivity index (χ0v) is 18.7. The Morgan fingerprint density at radius 2 is 2.00 bits per heavy atom. The maximum Gasteiger partial charge on any atom is 0.163 e. The second kappa shape index (κ2) is 7.91. The van der Waals surface area contributed by atoms with Crippen LogP contribution >= 0.6 is 22.9 Å². The van der Waals surface area contributed by atoms with Crippen molar-refractivity contribution in [1.82, 2.24) is 29.6 Å². The third-order valence-corrected chi connectivity index (χ3v) is 7.42. The van der Waals surface area contributed by atoms with E-state index in [0.29, 0.717) is 23.8 Å². The summed E-state index contributed by atoms with van der Waals surface area (Å²) in [5.41, 5.74) is 3.07. The molecule has 0 spiro atoms. The summed E-state index contributed by atoms with van der Waals surface area (Å²) in [7, 11) is 0. The average Bonchev–Trinajstić information content (AvgIpc) is 3.40. The molecule has 3 aromatic heterocycles. The van der Waals surface area contributed by atoms with Crippen molar-refractivity contribution in [2.45, 2.75) is 32.7 Å². The van der Waals surface area contributed by atoms with Gasteiger partial charge in [0.2, 0.25) is 0 Å². The summed E-state index contributed by atoms with van der Waals surface area (Å²) in [6.07, 6.45) is 6.08. The molecule has 0 bridgehead atoms. The quantitative estimate of drug-likeness (QED) is 0.450. The molecule has 5 heterocycles. The molecule has 0 aliphatic carbocycles. The number of hydrogen-bond donors (Lipinski definition) is 0. The molecule has 0 saturated carbocycles. The highest BCUT2D eigenvalue weighted by Gasteiger charge is 2.33. The van der Waals surface area contributed by atoms with Gasteiger partial charge in [0.05, 0.1) is 12.1 Å². The van der Waals surface area contributed by atoms with Gasteiger partial charge in [-0.2, -0.15) is 5.10 Å². The molecular weight excluding hydrogens is 449 g/mol. The molecule has 162 valence electrons. The Balaban J connectivity index is 1.34. The van der Waals surface area contributed by atoms with Crippen molar-refractivity contribution in [1.29, 1.82) is 0 Å². The summed E-state index contributed by atoms with van der Waals surface area (Å²) in [5, 5.41) is 5.94. The van der Waals surface area contributed by atoms with E-state index in [1.807, 2.05) is 10.7 Å². The Hall–Kier alpha value is -2.88. The zero-order valence-electron chi connectivity index (χ0n) is 17.1. The molecule has 0 N–H and O–H groups in total. The van der Waals surface area contributed by atoms with Gasteiger partial charge in [0.15, 0.2) is 5.82 Å². The fourth-order valence-electron chi connectivity index (χ4n) is 4.41. The lowest BCUT2D eigenvalue weighted by Crippen LogP contribution is -2.31. The number of halogens is 2. The van der Waals surface area contributed by atoms with E-state index in [9.17, 15) is 4.39 Å². The summed E-state index contributed by atoms with van der Waals surface area (Å²) in [6, 6.07) is 6.68. The lowest BCUT2D eigenvalue weighted by atomic mass is 10.0. The van der Waals surface area contributed by atoms with Crippen LogP contribution in [0.5, 0.6) is 0 Å². The standard InChI is InChI=1S/C22H19ClFN7S/c23-15-3-2-14(17(24)8-15)9-30-13-31-21(27-12-28-31)20-16-4-7-29(10-18(16)32-22(20)30)11-19-25-5-1-6-26-19/h1-3,5-6,8,12H,4,7,9-11,13H2. The fourth-order valence-corrected chi connectivity index (χ4v) is 5.94. The molecule has 0 atom stereocenters. The molecule has 0 saturated heterocycles. The molecule has 1 aromatic carbocycles. The van der Waals surface area contributed by atoms with Crippen molar-refractivity contribution in [3.63, 3.8) is 0 Å². The molecule has 32 heavy (non-hydrogen) atoms. The zero-order chi connectivity index (χ0) is 21.7. The number of rotatable bonds is 4. The molecule has 7 nitrogen and oxygen atoms in total. The first kappa shape index (κ1) is 19.8. The Morgan fingerprint density at radius 1 is 1.12 bits per heavy atom. The predicted octanol–water partition coefficient (Wildman–Crippen LogP) is 4.13. The average molecular weight is 468 g/mol. The Morgan fingerprint density at radius 3 is 2.84 bits per heavy atom. The van der Waals surface area contributed by atoms with Crippen LogP contribution in [0, 0.1) is 5.82 Å². The molecule has 4 aromatic rings. The van der Waals surface area contributed by atoms with Gasteiger partial charge in [0.1, 0.15) is 29.6 Å². The van der Waals surface area contributed by atoms with Gasteiger partial charge in [-0.25, -0.2) is 24.0 Å². The van der Waals surface area contributed by atoms with E-state index in [-0.39, 0.29) is 5.82 Å². The summed E-state index contributed by atoms with van der Waals surface area (Å²) in [4.78, 5) is 19.1. The monoisotopic (exact) mass is 467 g/mol. The minimum Gasteiger partial charge on any atom is -0.339 e. The third kappa shape index (κ3) is 3.46. The largest absolute Gasteiger partial charge is 0.339 e. The number of anilines is 1. The van der Waals surface area contributed by atoms with Gasteiger partial charge in [-0.15, -0.1) is 11.3 Å². The van der Waals surface area contributed by atoms with Crippen molar-refractivity contribution in [2.24, 2.45) is 0 Å². The number of fused-ring (bicyclic) bond motifs is 5. The maximum absolute atomic E-state index is 14.5. The minimum absolute atomic E-state index is 0.293. The number of benzene rings is 1. The summed E-state index contributed by atoms with van der Waals surface area (Å²) >= 11 is 7.72. The van der Waals surface area contributed by atoms with E-state index in [2.05, 4.69) is 29.9 Å². The highest BCUT2D eigenvalue weighted by atomic mass is 35.5. The molecule has 0 radical (unpaired) electrons. The van der Waals surface area contributed by atoms with Gasteiger partial charge in [0.25, 0.3) is 0 Å². The van der Waals surface area contributed by atoms with Crippen molar-refractivity contribution in [3.8, 4) is 11.4 Å². The molecular formula is C22H19ClFN7S. The van der Waals surface area contributed by atoms with Crippen LogP contribution < -0.4 is 4.90 Å². The van der Waals surface area contributed by atoms with Gasteiger partial charge in [-0.05, 0) is 30.2 Å². The van der Waals surface area contributed by atoms with E-state index in [1.54, 1.807) is 42.2 Å². The molecule has 10 heteroatoms. The first-order valence-corrected chi connectivity index (χ1v) is 11.5. The first-order valence-electron chi connectivity index (χ1n) is 10.4. The van der Waals surface area contributed by atoms with Gasteiger partial charge < -0.3 is 4.90 Å². The molecule has 2 aliphatic rings. The van der Waals surface area contributed by atoms with E-state index in [4.69, 9.17) is 11.6 Å². The molecule has 2 aliphatic heterocycles.